The molecule has 6 heteroatoms. The molecule has 0 radical (unpaired) electrons. The summed E-state index contributed by atoms with van der Waals surface area (Å²) in [6.45, 7) is 2.56. The lowest BCUT2D eigenvalue weighted by molar-refractivity contribution is -0.116. The summed E-state index contributed by atoms with van der Waals surface area (Å²) in [5.74, 6) is 1.94. The van der Waals surface area contributed by atoms with Crippen LogP contribution in [0.1, 0.15) is 43.8 Å². The third-order valence-corrected chi connectivity index (χ3v) is 4.23. The number of fused-ring (bicyclic) bond motifs is 1. The van der Waals surface area contributed by atoms with Gasteiger partial charge in [0.05, 0.1) is 17.9 Å². The molecule has 1 aromatic heterocycles. The molecule has 2 heterocycles. The first-order valence-corrected chi connectivity index (χ1v) is 7.68. The number of anilines is 2. The second kappa shape index (κ2) is 5.12. The molecule has 1 fully saturated rings. The average molecular weight is 298 g/mol. The minimum absolute atomic E-state index is 0.0339. The van der Waals surface area contributed by atoms with Gasteiger partial charge in [0, 0.05) is 18.4 Å². The minimum atomic E-state index is 0.0339. The predicted molar refractivity (Wildman–Crippen MR) is 81.6 cm³/mol. The Balaban J connectivity index is 1.64. The summed E-state index contributed by atoms with van der Waals surface area (Å²) >= 11 is 0. The number of para-hydroxylation sites is 2. The summed E-state index contributed by atoms with van der Waals surface area (Å²) in [4.78, 5) is 18.6. The van der Waals surface area contributed by atoms with Crippen molar-refractivity contribution in [3.63, 3.8) is 0 Å². The van der Waals surface area contributed by atoms with Crippen molar-refractivity contribution in [2.75, 3.05) is 10.2 Å². The third-order valence-electron chi connectivity index (χ3n) is 4.23. The van der Waals surface area contributed by atoms with Crippen molar-refractivity contribution < 1.29 is 9.32 Å². The maximum atomic E-state index is 12.0. The molecule has 0 saturated heterocycles. The molecule has 1 aliphatic heterocycles. The Hall–Kier alpha value is -2.37. The van der Waals surface area contributed by atoms with E-state index in [1.807, 2.05) is 31.2 Å². The van der Waals surface area contributed by atoms with Crippen LogP contribution in [0, 0.1) is 0 Å². The van der Waals surface area contributed by atoms with Crippen LogP contribution >= 0.6 is 0 Å². The summed E-state index contributed by atoms with van der Waals surface area (Å²) in [6.07, 6.45) is 2.75. The Bertz CT molecular complexity index is 708. The Morgan fingerprint density at radius 1 is 1.36 bits per heavy atom. The number of carbonyl (C=O) groups is 1. The van der Waals surface area contributed by atoms with Crippen LogP contribution in [-0.2, 0) is 11.3 Å². The van der Waals surface area contributed by atoms with E-state index in [1.54, 1.807) is 0 Å². The standard InChI is InChI=1S/C16H18N4O2/c1-10-8-14(21)17-12-4-2-3-5-13(12)20(10)9-15-18-16(19-22-15)11-6-7-11/h2-5,10-11H,6-9H2,1H3,(H,17,21)/t10-/m1/s1. The molecule has 1 saturated carbocycles. The lowest BCUT2D eigenvalue weighted by Crippen LogP contribution is -2.33. The highest BCUT2D eigenvalue weighted by Gasteiger charge is 2.30. The lowest BCUT2D eigenvalue weighted by atomic mass is 10.2. The van der Waals surface area contributed by atoms with Crippen molar-refractivity contribution >= 4 is 17.3 Å². The van der Waals surface area contributed by atoms with Gasteiger partial charge in [0.15, 0.2) is 5.82 Å². The highest BCUT2D eigenvalue weighted by atomic mass is 16.5. The number of rotatable bonds is 3. The summed E-state index contributed by atoms with van der Waals surface area (Å²) in [6, 6.07) is 7.89. The first-order chi connectivity index (χ1) is 10.7. The number of nitrogens with one attached hydrogen (secondary N) is 1. The molecule has 1 amide bonds. The molecular formula is C16H18N4O2. The van der Waals surface area contributed by atoms with E-state index < -0.39 is 0 Å². The smallest absolute Gasteiger partial charge is 0.246 e. The molecule has 2 aromatic rings. The number of carbonyl (C=O) groups excluding carboxylic acids is 1. The van der Waals surface area contributed by atoms with Gasteiger partial charge in [-0.1, -0.05) is 17.3 Å². The summed E-state index contributed by atoms with van der Waals surface area (Å²) in [5, 5.41) is 7.02. The van der Waals surface area contributed by atoms with E-state index in [1.165, 1.54) is 0 Å². The van der Waals surface area contributed by atoms with Gasteiger partial charge in [0.2, 0.25) is 11.8 Å². The van der Waals surface area contributed by atoms with E-state index in [0.717, 1.165) is 30.0 Å². The van der Waals surface area contributed by atoms with Crippen LogP contribution in [0.2, 0.25) is 0 Å². The van der Waals surface area contributed by atoms with Crippen molar-refractivity contribution in [3.8, 4) is 0 Å². The predicted octanol–water partition coefficient (Wildman–Crippen LogP) is 2.68. The van der Waals surface area contributed by atoms with Gasteiger partial charge in [-0.2, -0.15) is 4.98 Å². The largest absolute Gasteiger partial charge is 0.357 e. The van der Waals surface area contributed by atoms with E-state index in [0.29, 0.717) is 24.8 Å². The summed E-state index contributed by atoms with van der Waals surface area (Å²) < 4.78 is 5.39. The van der Waals surface area contributed by atoms with Gasteiger partial charge in [0.25, 0.3) is 0 Å². The van der Waals surface area contributed by atoms with Crippen LogP contribution in [0.25, 0.3) is 0 Å². The highest BCUT2D eigenvalue weighted by Crippen LogP contribution is 2.38. The van der Waals surface area contributed by atoms with Crippen molar-refractivity contribution in [3.05, 3.63) is 36.0 Å². The fourth-order valence-electron chi connectivity index (χ4n) is 2.87. The fraction of sp³-hybridized carbons (Fsp3) is 0.438. The Kier molecular flexibility index (Phi) is 3.10. The van der Waals surface area contributed by atoms with Gasteiger partial charge >= 0.3 is 0 Å². The molecular weight excluding hydrogens is 280 g/mol. The molecule has 0 spiro atoms. The molecule has 114 valence electrons. The molecule has 0 bridgehead atoms. The van der Waals surface area contributed by atoms with Gasteiger partial charge in [-0.15, -0.1) is 0 Å². The zero-order chi connectivity index (χ0) is 15.1. The number of aromatic nitrogens is 2. The maximum absolute atomic E-state index is 12.0. The van der Waals surface area contributed by atoms with Gasteiger partial charge in [-0.05, 0) is 31.9 Å². The van der Waals surface area contributed by atoms with Crippen molar-refractivity contribution in [1.29, 1.82) is 0 Å². The highest BCUT2D eigenvalue weighted by molar-refractivity contribution is 5.96. The molecule has 1 aliphatic carbocycles. The first-order valence-electron chi connectivity index (χ1n) is 7.68. The van der Waals surface area contributed by atoms with Gasteiger partial charge in [0.1, 0.15) is 0 Å². The molecule has 1 atom stereocenters. The van der Waals surface area contributed by atoms with Gasteiger partial charge in [-0.3, -0.25) is 4.79 Å². The van der Waals surface area contributed by atoms with Crippen LogP contribution in [0.5, 0.6) is 0 Å². The molecule has 6 nitrogen and oxygen atoms in total. The quantitative estimate of drug-likeness (QED) is 0.943. The van der Waals surface area contributed by atoms with Gasteiger partial charge < -0.3 is 14.7 Å². The van der Waals surface area contributed by atoms with Crippen LogP contribution in [0.15, 0.2) is 28.8 Å². The minimum Gasteiger partial charge on any atom is -0.357 e. The average Bonchev–Trinajstić information content (AvgIpc) is 3.26. The fourth-order valence-corrected chi connectivity index (χ4v) is 2.87. The number of amides is 1. The van der Waals surface area contributed by atoms with Crippen LogP contribution in [-0.4, -0.2) is 22.1 Å². The van der Waals surface area contributed by atoms with Crippen LogP contribution in [0.4, 0.5) is 11.4 Å². The third kappa shape index (κ3) is 2.45. The van der Waals surface area contributed by atoms with Crippen molar-refractivity contribution in [2.45, 2.75) is 44.7 Å². The van der Waals surface area contributed by atoms with E-state index >= 15 is 0 Å². The Labute approximate surface area is 128 Å². The number of hydrogen-bond acceptors (Lipinski definition) is 5. The number of benzene rings is 1. The van der Waals surface area contributed by atoms with E-state index in [9.17, 15) is 4.79 Å². The van der Waals surface area contributed by atoms with E-state index in [4.69, 9.17) is 4.52 Å². The molecule has 22 heavy (non-hydrogen) atoms. The molecule has 4 rings (SSSR count). The van der Waals surface area contributed by atoms with Crippen LogP contribution in [0.3, 0.4) is 0 Å². The van der Waals surface area contributed by atoms with Gasteiger partial charge in [-0.25, -0.2) is 0 Å². The second-order valence-electron chi connectivity index (χ2n) is 6.07. The molecule has 2 aliphatic rings. The Morgan fingerprint density at radius 2 is 2.18 bits per heavy atom. The van der Waals surface area contributed by atoms with Crippen molar-refractivity contribution in [1.82, 2.24) is 10.1 Å². The number of nitrogens with zero attached hydrogens (tertiary/aromatic N) is 3. The zero-order valence-electron chi connectivity index (χ0n) is 12.5. The van der Waals surface area contributed by atoms with E-state index in [-0.39, 0.29) is 11.9 Å². The zero-order valence-corrected chi connectivity index (χ0v) is 12.5. The maximum Gasteiger partial charge on any atom is 0.246 e. The topological polar surface area (TPSA) is 71.3 Å². The monoisotopic (exact) mass is 298 g/mol. The van der Waals surface area contributed by atoms with E-state index in [2.05, 4.69) is 20.4 Å². The summed E-state index contributed by atoms with van der Waals surface area (Å²) in [5.41, 5.74) is 1.82. The normalized spacial score (nSPS) is 21.2. The lowest BCUT2D eigenvalue weighted by Gasteiger charge is -2.28. The molecule has 0 unspecified atom stereocenters. The van der Waals surface area contributed by atoms with Crippen LogP contribution < -0.4 is 10.2 Å². The SMILES string of the molecule is C[C@@H]1CC(=O)Nc2ccccc2N1Cc1nc(C2CC2)no1. The van der Waals surface area contributed by atoms with Crippen molar-refractivity contribution in [2.24, 2.45) is 0 Å². The second-order valence-corrected chi connectivity index (χ2v) is 6.07. The molecule has 1 aromatic carbocycles. The Morgan fingerprint density at radius 3 is 3.00 bits per heavy atom. The number of hydrogen-bond donors (Lipinski definition) is 1. The first kappa shape index (κ1) is 13.3. The molecule has 1 N–H and O–H groups in total. The summed E-state index contributed by atoms with van der Waals surface area (Å²) in [7, 11) is 0.